The Balaban J connectivity index is 1.51. The Morgan fingerprint density at radius 3 is 2.71 bits per heavy atom. The van der Waals surface area contributed by atoms with Crippen LogP contribution in [0.4, 0.5) is 4.39 Å². The number of carbonyl (C=O) groups is 1. The van der Waals surface area contributed by atoms with Gasteiger partial charge in [0, 0.05) is 12.3 Å². The molecule has 1 fully saturated rings. The molecule has 38 heavy (non-hydrogen) atoms. The van der Waals surface area contributed by atoms with Crippen LogP contribution >= 0.6 is 7.75 Å². The third kappa shape index (κ3) is 6.41. The second kappa shape index (κ2) is 11.5. The molecule has 1 aromatic carbocycles. The number of nitrogens with zero attached hydrogens (tertiary/aromatic N) is 1. The smallest absolute Gasteiger partial charge is 0.459 e. The standard InChI is InChI=1S/C24H31FN3O9P/c1-13(2)35-23(31)14(3)27-38(33,37-17-8-7-15-5-4-6-16(15)11-17)34-12-18-21(30)20(25)22(36-18)28-10-9-19(29)26-24(28)32/h7-11,13-14,18,20-22,30H,4-6,12H2,1-3H3,(H,27,33)(H,26,29,32)/t14-,18+,20+,21+,22+,38-/m0/s1. The van der Waals surface area contributed by atoms with Gasteiger partial charge in [0.25, 0.3) is 5.56 Å². The van der Waals surface area contributed by atoms with E-state index in [0.717, 1.165) is 47.2 Å². The Labute approximate surface area is 217 Å². The zero-order chi connectivity index (χ0) is 27.6. The first-order valence-corrected chi connectivity index (χ1v) is 13.8. The van der Waals surface area contributed by atoms with E-state index in [4.69, 9.17) is 18.5 Å². The van der Waals surface area contributed by atoms with Crippen LogP contribution < -0.4 is 20.9 Å². The summed E-state index contributed by atoms with van der Waals surface area (Å²) in [6.07, 6.45) is -3.34. The molecular weight excluding hydrogens is 524 g/mol. The second-order valence-corrected chi connectivity index (χ2v) is 11.2. The summed E-state index contributed by atoms with van der Waals surface area (Å²) in [6.45, 7) is 4.14. The monoisotopic (exact) mass is 555 g/mol. The van der Waals surface area contributed by atoms with Crippen LogP contribution in [0.1, 0.15) is 44.5 Å². The summed E-state index contributed by atoms with van der Waals surface area (Å²) in [7, 11) is -4.31. The van der Waals surface area contributed by atoms with E-state index in [9.17, 15) is 28.4 Å². The normalized spacial score (nSPS) is 25.1. The number of hydrogen-bond acceptors (Lipinski definition) is 9. The van der Waals surface area contributed by atoms with Crippen molar-refractivity contribution < 1.29 is 37.4 Å². The van der Waals surface area contributed by atoms with Crippen molar-refractivity contribution in [3.05, 3.63) is 62.4 Å². The van der Waals surface area contributed by atoms with Gasteiger partial charge < -0.3 is 19.1 Å². The highest BCUT2D eigenvalue weighted by atomic mass is 31.2. The van der Waals surface area contributed by atoms with Crippen LogP contribution in [0.3, 0.4) is 0 Å². The highest BCUT2D eigenvalue weighted by Gasteiger charge is 2.47. The lowest BCUT2D eigenvalue weighted by atomic mass is 10.1. The van der Waals surface area contributed by atoms with Crippen LogP contribution in [0.25, 0.3) is 0 Å². The number of aliphatic hydroxyl groups is 1. The SMILES string of the molecule is CC(C)OC(=O)[C@H](C)N[P@](=O)(OC[C@H]1O[C@@H](n2ccc(=O)[nH]c2=O)[C@H](F)[C@@H]1O)Oc1ccc2c(c1)CCC2. The Hall–Kier alpha value is -2.83. The third-order valence-electron chi connectivity index (χ3n) is 6.18. The van der Waals surface area contributed by atoms with E-state index in [1.165, 1.54) is 6.92 Å². The highest BCUT2D eigenvalue weighted by molar-refractivity contribution is 7.52. The van der Waals surface area contributed by atoms with Crippen molar-refractivity contribution in [2.75, 3.05) is 6.61 Å². The van der Waals surface area contributed by atoms with Crippen molar-refractivity contribution in [1.82, 2.24) is 14.6 Å². The number of ether oxygens (including phenoxy) is 2. The van der Waals surface area contributed by atoms with Gasteiger partial charge in [0.2, 0.25) is 0 Å². The molecule has 1 aliphatic carbocycles. The summed E-state index contributed by atoms with van der Waals surface area (Å²) < 4.78 is 51.3. The van der Waals surface area contributed by atoms with Gasteiger partial charge >= 0.3 is 19.4 Å². The van der Waals surface area contributed by atoms with E-state index < -0.39 is 68.3 Å². The molecule has 0 bridgehead atoms. The van der Waals surface area contributed by atoms with Crippen LogP contribution in [0.15, 0.2) is 40.1 Å². The molecule has 1 aliphatic heterocycles. The average Bonchev–Trinajstić information content (AvgIpc) is 3.42. The molecule has 0 amide bonds. The number of alkyl halides is 1. The van der Waals surface area contributed by atoms with Gasteiger partial charge in [-0.3, -0.25) is 23.7 Å². The third-order valence-corrected chi connectivity index (χ3v) is 7.82. The summed E-state index contributed by atoms with van der Waals surface area (Å²) in [6, 6.07) is 5.15. The fraction of sp³-hybridized carbons (Fsp3) is 0.542. The maximum absolute atomic E-state index is 14.9. The first-order valence-electron chi connectivity index (χ1n) is 12.3. The topological polar surface area (TPSA) is 158 Å². The quantitative estimate of drug-likeness (QED) is 0.291. The minimum absolute atomic E-state index is 0.236. The molecule has 208 valence electrons. The molecule has 14 heteroatoms. The number of aliphatic hydroxyl groups excluding tert-OH is 1. The average molecular weight is 555 g/mol. The number of hydrogen-bond donors (Lipinski definition) is 3. The molecule has 2 aromatic rings. The molecule has 3 N–H and O–H groups in total. The van der Waals surface area contributed by atoms with E-state index in [1.807, 2.05) is 11.1 Å². The first kappa shape index (κ1) is 28.2. The summed E-state index contributed by atoms with van der Waals surface area (Å²) >= 11 is 0. The largest absolute Gasteiger partial charge is 0.462 e. The number of aromatic nitrogens is 2. The molecule has 1 saturated heterocycles. The van der Waals surface area contributed by atoms with Gasteiger partial charge in [0.05, 0.1) is 12.7 Å². The zero-order valence-electron chi connectivity index (χ0n) is 21.2. The minimum Gasteiger partial charge on any atom is -0.462 e. The molecule has 6 atom stereocenters. The number of halogens is 1. The molecule has 0 unspecified atom stereocenters. The second-order valence-electron chi connectivity index (χ2n) is 9.52. The van der Waals surface area contributed by atoms with Gasteiger partial charge in [0.15, 0.2) is 12.4 Å². The van der Waals surface area contributed by atoms with Gasteiger partial charge in [0.1, 0.15) is 24.0 Å². The molecule has 4 rings (SSSR count). The maximum atomic E-state index is 14.9. The van der Waals surface area contributed by atoms with Crippen LogP contribution in [0.2, 0.25) is 0 Å². The lowest BCUT2D eigenvalue weighted by molar-refractivity contribution is -0.149. The highest BCUT2D eigenvalue weighted by Crippen LogP contribution is 2.46. The minimum atomic E-state index is -4.31. The molecule has 2 aliphatic rings. The molecule has 0 radical (unpaired) electrons. The molecule has 1 aromatic heterocycles. The van der Waals surface area contributed by atoms with E-state index in [2.05, 4.69) is 5.09 Å². The number of nitrogens with one attached hydrogen (secondary N) is 2. The number of esters is 1. The van der Waals surface area contributed by atoms with E-state index in [-0.39, 0.29) is 5.75 Å². The van der Waals surface area contributed by atoms with Gasteiger partial charge in [-0.25, -0.2) is 13.8 Å². The predicted molar refractivity (Wildman–Crippen MR) is 133 cm³/mol. The van der Waals surface area contributed by atoms with E-state index >= 15 is 0 Å². The number of aryl methyl sites for hydroxylation is 2. The lowest BCUT2D eigenvalue weighted by Gasteiger charge is -2.25. The summed E-state index contributed by atoms with van der Waals surface area (Å²) in [4.78, 5) is 37.8. The number of aromatic amines is 1. The summed E-state index contributed by atoms with van der Waals surface area (Å²) in [5.74, 6) is -0.459. The molecular formula is C24H31FN3O9P. The number of fused-ring (bicyclic) bond motifs is 1. The Morgan fingerprint density at radius 2 is 2.00 bits per heavy atom. The van der Waals surface area contributed by atoms with Crippen molar-refractivity contribution in [1.29, 1.82) is 0 Å². The van der Waals surface area contributed by atoms with Gasteiger partial charge in [-0.15, -0.1) is 0 Å². The van der Waals surface area contributed by atoms with E-state index in [1.54, 1.807) is 26.0 Å². The fourth-order valence-corrected chi connectivity index (χ4v) is 5.82. The zero-order valence-corrected chi connectivity index (χ0v) is 22.1. The lowest BCUT2D eigenvalue weighted by Crippen LogP contribution is -2.37. The van der Waals surface area contributed by atoms with Crippen LogP contribution in [-0.4, -0.2) is 57.8 Å². The van der Waals surface area contributed by atoms with Crippen LogP contribution in [0, 0.1) is 0 Å². The first-order chi connectivity index (χ1) is 18.0. The van der Waals surface area contributed by atoms with Crippen molar-refractivity contribution in [2.24, 2.45) is 0 Å². The number of carbonyl (C=O) groups excluding carboxylic acids is 1. The van der Waals surface area contributed by atoms with Gasteiger partial charge in [-0.1, -0.05) is 6.07 Å². The fourth-order valence-electron chi connectivity index (χ4n) is 4.32. The Kier molecular flexibility index (Phi) is 8.53. The van der Waals surface area contributed by atoms with Crippen LogP contribution in [0.5, 0.6) is 5.75 Å². The van der Waals surface area contributed by atoms with Crippen molar-refractivity contribution in [2.45, 2.75) is 76.8 Å². The van der Waals surface area contributed by atoms with Crippen molar-refractivity contribution >= 4 is 13.7 Å². The van der Waals surface area contributed by atoms with Crippen LogP contribution in [-0.2, 0) is 36.2 Å². The van der Waals surface area contributed by atoms with Gasteiger partial charge in [-0.2, -0.15) is 5.09 Å². The number of benzene rings is 1. The molecule has 0 saturated carbocycles. The summed E-state index contributed by atoms with van der Waals surface area (Å²) in [5, 5.41) is 12.9. The molecule has 12 nitrogen and oxygen atoms in total. The Bertz CT molecular complexity index is 1330. The Morgan fingerprint density at radius 1 is 1.26 bits per heavy atom. The molecule has 2 heterocycles. The predicted octanol–water partition coefficient (Wildman–Crippen LogP) is 1.76. The van der Waals surface area contributed by atoms with E-state index in [0.29, 0.717) is 0 Å². The molecule has 0 spiro atoms. The van der Waals surface area contributed by atoms with Gasteiger partial charge in [-0.05, 0) is 63.3 Å². The number of rotatable bonds is 10. The van der Waals surface area contributed by atoms with Crippen molar-refractivity contribution in [3.63, 3.8) is 0 Å². The maximum Gasteiger partial charge on any atom is 0.459 e. The van der Waals surface area contributed by atoms with Crippen molar-refractivity contribution in [3.8, 4) is 5.75 Å². The number of H-pyrrole nitrogens is 1. The summed E-state index contributed by atoms with van der Waals surface area (Å²) in [5.41, 5.74) is 0.602.